The van der Waals surface area contributed by atoms with Crippen molar-refractivity contribution in [2.45, 2.75) is 26.3 Å². The van der Waals surface area contributed by atoms with Crippen LogP contribution < -0.4 is 5.11 Å². The van der Waals surface area contributed by atoms with E-state index in [1.807, 2.05) is 14.1 Å². The highest BCUT2D eigenvalue weighted by molar-refractivity contribution is 5.64. The lowest BCUT2D eigenvalue weighted by molar-refractivity contribution is -0.910. The highest BCUT2D eigenvalue weighted by atomic mass is 16.4. The van der Waals surface area contributed by atoms with E-state index in [0.717, 1.165) is 4.48 Å². The molecule has 0 aliphatic heterocycles. The van der Waals surface area contributed by atoms with Crippen LogP contribution in [0, 0.1) is 0 Å². The van der Waals surface area contributed by atoms with Crippen molar-refractivity contribution in [2.75, 3.05) is 20.6 Å². The van der Waals surface area contributed by atoms with E-state index in [4.69, 9.17) is 0 Å². The molecule has 0 atom stereocenters. The Kier molecular flexibility index (Phi) is 3.52. The Balaban J connectivity index is 3.82. The minimum Gasteiger partial charge on any atom is -0.550 e. The van der Waals surface area contributed by atoms with Gasteiger partial charge < -0.3 is 14.4 Å². The molecule has 0 N–H and O–H groups in total. The van der Waals surface area contributed by atoms with Crippen LogP contribution >= 0.6 is 0 Å². The number of hydrogen-bond donors (Lipinski definition) is 0. The zero-order valence-corrected chi connectivity index (χ0v) is 7.76. The van der Waals surface area contributed by atoms with Crippen LogP contribution in [0.25, 0.3) is 0 Å². The van der Waals surface area contributed by atoms with E-state index in [2.05, 4.69) is 13.8 Å². The molecule has 0 saturated carbocycles. The van der Waals surface area contributed by atoms with Gasteiger partial charge >= 0.3 is 0 Å². The number of carboxylic acids is 1. The molecule has 0 aliphatic rings. The van der Waals surface area contributed by atoms with Crippen LogP contribution in [-0.4, -0.2) is 37.1 Å². The summed E-state index contributed by atoms with van der Waals surface area (Å²) in [4.78, 5) is 10.1. The zero-order valence-electron chi connectivity index (χ0n) is 7.76. The maximum absolute atomic E-state index is 10.1. The summed E-state index contributed by atoms with van der Waals surface area (Å²) in [7, 11) is 4.04. The highest BCUT2D eigenvalue weighted by Gasteiger charge is 2.18. The molecule has 0 aromatic heterocycles. The molecule has 0 saturated heterocycles. The van der Waals surface area contributed by atoms with Gasteiger partial charge in [0.1, 0.15) is 0 Å². The minimum atomic E-state index is -0.961. The monoisotopic (exact) mass is 159 g/mol. The molecule has 66 valence electrons. The number of carbonyl (C=O) groups is 1. The fourth-order valence-corrected chi connectivity index (χ4v) is 0.638. The molecule has 3 heteroatoms. The quantitative estimate of drug-likeness (QED) is 0.524. The molecule has 3 nitrogen and oxygen atoms in total. The summed E-state index contributed by atoms with van der Waals surface area (Å²) in [6, 6.07) is 0.453. The molecule has 0 aromatic carbocycles. The summed E-state index contributed by atoms with van der Waals surface area (Å²) < 4.78 is 0.730. The van der Waals surface area contributed by atoms with Gasteiger partial charge in [-0.1, -0.05) is 0 Å². The normalized spacial score (nSPS) is 12.1. The first kappa shape index (κ1) is 10.4. The Morgan fingerprint density at radius 2 is 1.91 bits per heavy atom. The molecule has 0 spiro atoms. The van der Waals surface area contributed by atoms with E-state index < -0.39 is 5.97 Å². The van der Waals surface area contributed by atoms with Crippen molar-refractivity contribution in [1.29, 1.82) is 0 Å². The average molecular weight is 159 g/mol. The van der Waals surface area contributed by atoms with Crippen LogP contribution in [0.1, 0.15) is 20.3 Å². The van der Waals surface area contributed by atoms with Gasteiger partial charge in [0, 0.05) is 12.4 Å². The summed E-state index contributed by atoms with van der Waals surface area (Å²) >= 11 is 0. The predicted molar refractivity (Wildman–Crippen MR) is 41.7 cm³/mol. The second-order valence-corrected chi connectivity index (χ2v) is 3.72. The summed E-state index contributed by atoms with van der Waals surface area (Å²) in [6.45, 7) is 4.80. The zero-order chi connectivity index (χ0) is 9.07. The topological polar surface area (TPSA) is 40.1 Å². The molecule has 11 heavy (non-hydrogen) atoms. The fourth-order valence-electron chi connectivity index (χ4n) is 0.638. The lowest BCUT2D eigenvalue weighted by Crippen LogP contribution is -2.47. The number of carboxylic acid groups (broad SMARTS) is 1. The maximum Gasteiger partial charge on any atom is 0.0837 e. The number of nitrogens with zero attached hydrogens (tertiary/aromatic N) is 1. The molecule has 0 rings (SSSR count). The van der Waals surface area contributed by atoms with Gasteiger partial charge in [0.25, 0.3) is 0 Å². The van der Waals surface area contributed by atoms with Crippen molar-refractivity contribution in [3.05, 3.63) is 0 Å². The molecular formula is C8H17NO2. The van der Waals surface area contributed by atoms with Crippen LogP contribution in [0.3, 0.4) is 0 Å². The molecule has 0 unspecified atom stereocenters. The van der Waals surface area contributed by atoms with Gasteiger partial charge in [-0.05, 0) is 13.8 Å². The SMILES string of the molecule is CC(C)[N+](C)(C)CCC(=O)[O-]. The minimum absolute atomic E-state index is 0.144. The smallest absolute Gasteiger partial charge is 0.0837 e. The molecule has 0 heterocycles. The first-order valence-electron chi connectivity index (χ1n) is 3.89. The van der Waals surface area contributed by atoms with E-state index in [-0.39, 0.29) is 6.42 Å². The highest BCUT2D eigenvalue weighted by Crippen LogP contribution is 2.05. The Hall–Kier alpha value is -0.570. The number of hydrogen-bond acceptors (Lipinski definition) is 2. The number of aliphatic carboxylic acids is 1. The van der Waals surface area contributed by atoms with Crippen LogP contribution in [0.4, 0.5) is 0 Å². The van der Waals surface area contributed by atoms with E-state index >= 15 is 0 Å². The van der Waals surface area contributed by atoms with Gasteiger partial charge in [-0.3, -0.25) is 0 Å². The largest absolute Gasteiger partial charge is 0.550 e. The Labute approximate surface area is 68.2 Å². The predicted octanol–water partition coefficient (Wildman–Crippen LogP) is -0.389. The van der Waals surface area contributed by atoms with Crippen molar-refractivity contribution < 1.29 is 14.4 Å². The molecule has 0 fully saturated rings. The van der Waals surface area contributed by atoms with Crippen molar-refractivity contribution >= 4 is 5.97 Å². The third-order valence-electron chi connectivity index (χ3n) is 2.29. The lowest BCUT2D eigenvalue weighted by atomic mass is 10.2. The van der Waals surface area contributed by atoms with E-state index in [9.17, 15) is 9.90 Å². The van der Waals surface area contributed by atoms with Crippen molar-refractivity contribution in [1.82, 2.24) is 0 Å². The van der Waals surface area contributed by atoms with Crippen LogP contribution in [0.15, 0.2) is 0 Å². The summed E-state index contributed by atoms with van der Waals surface area (Å²) in [5.41, 5.74) is 0. The third-order valence-corrected chi connectivity index (χ3v) is 2.29. The summed E-state index contributed by atoms with van der Waals surface area (Å²) in [5.74, 6) is -0.961. The van der Waals surface area contributed by atoms with E-state index in [1.54, 1.807) is 0 Å². The average Bonchev–Trinajstić information content (AvgIpc) is 1.84. The molecule has 0 radical (unpaired) electrons. The van der Waals surface area contributed by atoms with E-state index in [1.165, 1.54) is 0 Å². The second-order valence-electron chi connectivity index (χ2n) is 3.72. The Bertz CT molecular complexity index is 141. The molecular weight excluding hydrogens is 142 g/mol. The van der Waals surface area contributed by atoms with Crippen LogP contribution in [-0.2, 0) is 4.79 Å². The second kappa shape index (κ2) is 3.72. The first-order valence-corrected chi connectivity index (χ1v) is 3.89. The Morgan fingerprint density at radius 1 is 1.45 bits per heavy atom. The van der Waals surface area contributed by atoms with Crippen molar-refractivity contribution in [2.24, 2.45) is 0 Å². The van der Waals surface area contributed by atoms with Gasteiger partial charge in [-0.15, -0.1) is 0 Å². The number of carbonyl (C=O) groups excluding carboxylic acids is 1. The summed E-state index contributed by atoms with van der Waals surface area (Å²) in [6.07, 6.45) is 0.144. The van der Waals surface area contributed by atoms with Crippen LogP contribution in [0.2, 0.25) is 0 Å². The van der Waals surface area contributed by atoms with Gasteiger partial charge in [0.05, 0.1) is 26.7 Å². The summed E-state index contributed by atoms with van der Waals surface area (Å²) in [5, 5.41) is 10.1. The van der Waals surface area contributed by atoms with Crippen molar-refractivity contribution in [3.8, 4) is 0 Å². The van der Waals surface area contributed by atoms with E-state index in [0.29, 0.717) is 12.6 Å². The van der Waals surface area contributed by atoms with Gasteiger partial charge in [0.2, 0.25) is 0 Å². The first-order chi connectivity index (χ1) is 4.86. The number of rotatable bonds is 4. The molecule has 0 amide bonds. The lowest BCUT2D eigenvalue weighted by Gasteiger charge is -2.34. The Morgan fingerprint density at radius 3 is 2.18 bits per heavy atom. The fraction of sp³-hybridized carbons (Fsp3) is 0.875. The molecule has 0 bridgehead atoms. The van der Waals surface area contributed by atoms with Gasteiger partial charge in [0.15, 0.2) is 0 Å². The standard InChI is InChI=1S/C8H17NO2/c1-7(2)9(3,4)6-5-8(10)11/h7H,5-6H2,1-4H3. The molecule has 0 aromatic rings. The third kappa shape index (κ3) is 3.98. The maximum atomic E-state index is 10.1. The van der Waals surface area contributed by atoms with Crippen molar-refractivity contribution in [3.63, 3.8) is 0 Å². The molecule has 0 aliphatic carbocycles. The van der Waals surface area contributed by atoms with Gasteiger partial charge in [-0.2, -0.15) is 0 Å². The van der Waals surface area contributed by atoms with Crippen LogP contribution in [0.5, 0.6) is 0 Å². The number of quaternary nitrogens is 1. The van der Waals surface area contributed by atoms with Gasteiger partial charge in [-0.25, -0.2) is 0 Å².